The van der Waals surface area contributed by atoms with Crippen LogP contribution in [0.2, 0.25) is 0 Å². The third-order valence-corrected chi connectivity index (χ3v) is 3.79. The summed E-state index contributed by atoms with van der Waals surface area (Å²) >= 11 is 0. The van der Waals surface area contributed by atoms with Crippen molar-refractivity contribution in [3.05, 3.63) is 0 Å². The zero-order valence-corrected chi connectivity index (χ0v) is 10.6. The van der Waals surface area contributed by atoms with Gasteiger partial charge in [0.15, 0.2) is 0 Å². The van der Waals surface area contributed by atoms with E-state index in [1.807, 2.05) is 0 Å². The van der Waals surface area contributed by atoms with Crippen LogP contribution >= 0.6 is 0 Å². The number of imide groups is 1. The molecule has 0 aromatic carbocycles. The zero-order valence-electron chi connectivity index (χ0n) is 10.6. The SMILES string of the molecule is O=C1CN(C(=O)CCC2CCCCC2)CC(=O)N1. The maximum Gasteiger partial charge on any atom is 0.246 e. The second kappa shape index (κ2) is 5.98. The van der Waals surface area contributed by atoms with Gasteiger partial charge < -0.3 is 4.90 Å². The van der Waals surface area contributed by atoms with E-state index in [4.69, 9.17) is 0 Å². The van der Waals surface area contributed by atoms with Crippen molar-refractivity contribution in [2.45, 2.75) is 44.9 Å². The summed E-state index contributed by atoms with van der Waals surface area (Å²) in [6, 6.07) is 0. The van der Waals surface area contributed by atoms with Crippen molar-refractivity contribution in [3.63, 3.8) is 0 Å². The number of carbonyl (C=O) groups is 3. The van der Waals surface area contributed by atoms with Crippen molar-refractivity contribution >= 4 is 17.7 Å². The molecule has 2 aliphatic rings. The Kier molecular flexibility index (Phi) is 4.33. The molecule has 18 heavy (non-hydrogen) atoms. The van der Waals surface area contributed by atoms with Crippen LogP contribution in [0.3, 0.4) is 0 Å². The standard InChI is InChI=1S/C13H20N2O3/c16-11-8-15(9-12(17)14-11)13(18)7-6-10-4-2-1-3-5-10/h10H,1-9H2,(H,14,16,17). The molecule has 5 nitrogen and oxygen atoms in total. The molecular weight excluding hydrogens is 232 g/mol. The minimum absolute atomic E-state index is 0.0231. The third-order valence-electron chi connectivity index (χ3n) is 3.79. The van der Waals surface area contributed by atoms with E-state index in [0.717, 1.165) is 6.42 Å². The van der Waals surface area contributed by atoms with E-state index in [2.05, 4.69) is 5.32 Å². The molecule has 0 aromatic heterocycles. The Labute approximate surface area is 107 Å². The van der Waals surface area contributed by atoms with Crippen molar-refractivity contribution in [3.8, 4) is 0 Å². The van der Waals surface area contributed by atoms with Gasteiger partial charge in [-0.3, -0.25) is 19.7 Å². The van der Waals surface area contributed by atoms with E-state index in [1.165, 1.54) is 37.0 Å². The number of nitrogens with one attached hydrogen (secondary N) is 1. The third kappa shape index (κ3) is 3.55. The molecule has 1 aliphatic carbocycles. The van der Waals surface area contributed by atoms with Gasteiger partial charge >= 0.3 is 0 Å². The molecule has 0 spiro atoms. The predicted molar refractivity (Wildman–Crippen MR) is 65.5 cm³/mol. The van der Waals surface area contributed by atoms with E-state index in [1.54, 1.807) is 0 Å². The largest absolute Gasteiger partial charge is 0.324 e. The van der Waals surface area contributed by atoms with Crippen molar-refractivity contribution in [2.24, 2.45) is 5.92 Å². The Hall–Kier alpha value is -1.39. The number of nitrogens with zero attached hydrogens (tertiary/aromatic N) is 1. The predicted octanol–water partition coefficient (Wildman–Crippen LogP) is 0.832. The first-order valence-corrected chi connectivity index (χ1v) is 6.75. The van der Waals surface area contributed by atoms with Crippen LogP contribution in [0, 0.1) is 5.92 Å². The van der Waals surface area contributed by atoms with Gasteiger partial charge in [0, 0.05) is 6.42 Å². The number of carbonyl (C=O) groups excluding carboxylic acids is 3. The summed E-state index contributed by atoms with van der Waals surface area (Å²) in [6.45, 7) is 0.0461. The molecule has 5 heteroatoms. The summed E-state index contributed by atoms with van der Waals surface area (Å²) in [5, 5.41) is 2.20. The minimum atomic E-state index is -0.378. The number of rotatable bonds is 3. The molecule has 1 heterocycles. The number of hydrogen-bond acceptors (Lipinski definition) is 3. The summed E-state index contributed by atoms with van der Waals surface area (Å²) in [5.41, 5.74) is 0. The number of hydrogen-bond donors (Lipinski definition) is 1. The van der Waals surface area contributed by atoms with Crippen LogP contribution in [0.25, 0.3) is 0 Å². The topological polar surface area (TPSA) is 66.5 Å². The maximum atomic E-state index is 11.9. The Bertz CT molecular complexity index is 332. The van der Waals surface area contributed by atoms with E-state index in [-0.39, 0.29) is 30.8 Å². The fourth-order valence-corrected chi connectivity index (χ4v) is 2.78. The molecule has 1 saturated carbocycles. The Balaban J connectivity index is 1.76. The summed E-state index contributed by atoms with van der Waals surface area (Å²) in [4.78, 5) is 35.6. The van der Waals surface area contributed by atoms with Crippen LogP contribution in [-0.4, -0.2) is 35.7 Å². The lowest BCUT2D eigenvalue weighted by molar-refractivity contribution is -0.145. The summed E-state index contributed by atoms with van der Waals surface area (Å²) in [6.07, 6.45) is 7.63. The lowest BCUT2D eigenvalue weighted by Crippen LogP contribution is -2.53. The molecule has 3 amide bonds. The van der Waals surface area contributed by atoms with Crippen LogP contribution in [0.4, 0.5) is 0 Å². The zero-order chi connectivity index (χ0) is 13.0. The van der Waals surface area contributed by atoms with Gasteiger partial charge in [0.1, 0.15) is 13.1 Å². The summed E-state index contributed by atoms with van der Waals surface area (Å²) in [5.74, 6) is -0.171. The molecule has 0 radical (unpaired) electrons. The molecule has 1 aliphatic heterocycles. The summed E-state index contributed by atoms with van der Waals surface area (Å²) < 4.78 is 0. The highest BCUT2D eigenvalue weighted by Crippen LogP contribution is 2.27. The average molecular weight is 252 g/mol. The highest BCUT2D eigenvalue weighted by Gasteiger charge is 2.26. The molecule has 0 atom stereocenters. The van der Waals surface area contributed by atoms with E-state index >= 15 is 0 Å². The van der Waals surface area contributed by atoms with Gasteiger partial charge in [0.2, 0.25) is 17.7 Å². The summed E-state index contributed by atoms with van der Waals surface area (Å²) in [7, 11) is 0. The smallest absolute Gasteiger partial charge is 0.246 e. The first-order valence-electron chi connectivity index (χ1n) is 6.75. The second-order valence-corrected chi connectivity index (χ2v) is 5.26. The maximum absolute atomic E-state index is 11.9. The van der Waals surface area contributed by atoms with Gasteiger partial charge in [-0.15, -0.1) is 0 Å². The van der Waals surface area contributed by atoms with Gasteiger partial charge in [0.25, 0.3) is 0 Å². The van der Waals surface area contributed by atoms with Crippen molar-refractivity contribution in [2.75, 3.05) is 13.1 Å². The van der Waals surface area contributed by atoms with E-state index < -0.39 is 0 Å². The first-order chi connectivity index (χ1) is 8.65. The molecule has 0 aromatic rings. The number of amides is 3. The van der Waals surface area contributed by atoms with Crippen molar-refractivity contribution < 1.29 is 14.4 Å². The van der Waals surface area contributed by atoms with Crippen LogP contribution in [0.1, 0.15) is 44.9 Å². The van der Waals surface area contributed by atoms with Crippen LogP contribution in [0.15, 0.2) is 0 Å². The van der Waals surface area contributed by atoms with Gasteiger partial charge in [-0.1, -0.05) is 32.1 Å². The van der Waals surface area contributed by atoms with Crippen LogP contribution < -0.4 is 5.32 Å². The Morgan fingerprint density at radius 2 is 1.72 bits per heavy atom. The highest BCUT2D eigenvalue weighted by molar-refractivity contribution is 6.02. The molecule has 0 unspecified atom stereocenters. The Morgan fingerprint density at radius 3 is 2.33 bits per heavy atom. The lowest BCUT2D eigenvalue weighted by Gasteiger charge is -2.27. The van der Waals surface area contributed by atoms with Crippen LogP contribution in [-0.2, 0) is 14.4 Å². The first kappa shape index (κ1) is 13.1. The number of piperazine rings is 1. The molecular formula is C13H20N2O3. The normalized spacial score (nSPS) is 21.9. The van der Waals surface area contributed by atoms with Crippen molar-refractivity contribution in [1.29, 1.82) is 0 Å². The molecule has 0 bridgehead atoms. The lowest BCUT2D eigenvalue weighted by atomic mass is 9.86. The van der Waals surface area contributed by atoms with Gasteiger partial charge in [0.05, 0.1) is 0 Å². The fourth-order valence-electron chi connectivity index (χ4n) is 2.78. The molecule has 2 fully saturated rings. The monoisotopic (exact) mass is 252 g/mol. The van der Waals surface area contributed by atoms with Crippen LogP contribution in [0.5, 0.6) is 0 Å². The van der Waals surface area contributed by atoms with Gasteiger partial charge in [-0.25, -0.2) is 0 Å². The molecule has 1 N–H and O–H groups in total. The van der Waals surface area contributed by atoms with E-state index in [0.29, 0.717) is 12.3 Å². The quantitative estimate of drug-likeness (QED) is 0.757. The Morgan fingerprint density at radius 1 is 1.11 bits per heavy atom. The minimum Gasteiger partial charge on any atom is -0.324 e. The molecule has 1 saturated heterocycles. The average Bonchev–Trinajstić information content (AvgIpc) is 2.36. The fraction of sp³-hybridized carbons (Fsp3) is 0.769. The van der Waals surface area contributed by atoms with Gasteiger partial charge in [-0.05, 0) is 12.3 Å². The second-order valence-electron chi connectivity index (χ2n) is 5.26. The molecule has 2 rings (SSSR count). The highest BCUT2D eigenvalue weighted by atomic mass is 16.2. The molecule has 100 valence electrons. The van der Waals surface area contributed by atoms with E-state index in [9.17, 15) is 14.4 Å². The van der Waals surface area contributed by atoms with Crippen molar-refractivity contribution in [1.82, 2.24) is 10.2 Å². The van der Waals surface area contributed by atoms with Gasteiger partial charge in [-0.2, -0.15) is 0 Å².